The minimum Gasteiger partial charge on any atom is -0.263 e. The Hall–Kier alpha value is -0.270. The predicted octanol–water partition coefficient (Wildman–Crippen LogP) is 4.18. The van der Waals surface area contributed by atoms with Crippen LogP contribution in [-0.2, 0) is 6.42 Å². The summed E-state index contributed by atoms with van der Waals surface area (Å²) in [5.74, 6) is 1.01. The van der Waals surface area contributed by atoms with Gasteiger partial charge in [-0.05, 0) is 36.8 Å². The van der Waals surface area contributed by atoms with Gasteiger partial charge in [-0.2, -0.15) is 0 Å². The topological polar surface area (TPSA) is 12.9 Å². The molecular formula is C12H17Cl2N. The Labute approximate surface area is 102 Å². The molecule has 2 unspecified atom stereocenters. The van der Waals surface area contributed by atoms with Crippen molar-refractivity contribution in [3.63, 3.8) is 0 Å². The fourth-order valence-corrected chi connectivity index (χ4v) is 2.33. The highest BCUT2D eigenvalue weighted by Gasteiger charge is 2.20. The molecule has 1 aromatic heterocycles. The van der Waals surface area contributed by atoms with Gasteiger partial charge in [0.05, 0.1) is 5.02 Å². The second kappa shape index (κ2) is 5.72. The molecule has 0 aliphatic rings. The van der Waals surface area contributed by atoms with Crippen LogP contribution in [0.25, 0.3) is 0 Å². The van der Waals surface area contributed by atoms with Gasteiger partial charge in [0.2, 0.25) is 0 Å². The zero-order valence-corrected chi connectivity index (χ0v) is 10.9. The van der Waals surface area contributed by atoms with Gasteiger partial charge in [0.25, 0.3) is 0 Å². The van der Waals surface area contributed by atoms with E-state index in [0.717, 1.165) is 17.0 Å². The van der Waals surface area contributed by atoms with E-state index in [1.54, 1.807) is 12.4 Å². The molecule has 1 aromatic rings. The fourth-order valence-electron chi connectivity index (χ4n) is 1.75. The van der Waals surface area contributed by atoms with Gasteiger partial charge in [0.15, 0.2) is 0 Å². The van der Waals surface area contributed by atoms with E-state index in [4.69, 9.17) is 23.2 Å². The standard InChI is InChI=1S/C12H17Cl2N/c1-8(2)11(9(3)13)6-10-4-5-15-7-12(10)14/h4-5,7-9,11H,6H2,1-3H3. The van der Waals surface area contributed by atoms with Gasteiger partial charge < -0.3 is 0 Å². The van der Waals surface area contributed by atoms with Crippen molar-refractivity contribution in [2.45, 2.75) is 32.6 Å². The Morgan fingerprint density at radius 1 is 1.33 bits per heavy atom. The molecule has 0 saturated heterocycles. The number of hydrogen-bond donors (Lipinski definition) is 0. The number of hydrogen-bond acceptors (Lipinski definition) is 1. The van der Waals surface area contributed by atoms with Gasteiger partial charge in [-0.25, -0.2) is 0 Å². The largest absolute Gasteiger partial charge is 0.263 e. The number of pyridine rings is 1. The minimum absolute atomic E-state index is 0.161. The van der Waals surface area contributed by atoms with Crippen LogP contribution in [-0.4, -0.2) is 10.4 Å². The zero-order valence-electron chi connectivity index (χ0n) is 9.37. The molecule has 0 N–H and O–H groups in total. The van der Waals surface area contributed by atoms with Crippen LogP contribution < -0.4 is 0 Å². The highest BCUT2D eigenvalue weighted by atomic mass is 35.5. The first-order chi connectivity index (χ1) is 7.02. The Morgan fingerprint density at radius 3 is 2.47 bits per heavy atom. The van der Waals surface area contributed by atoms with Crippen LogP contribution >= 0.6 is 23.2 Å². The lowest BCUT2D eigenvalue weighted by Gasteiger charge is -2.23. The molecule has 0 amide bonds. The minimum atomic E-state index is 0.161. The summed E-state index contributed by atoms with van der Waals surface area (Å²) in [7, 11) is 0. The van der Waals surface area contributed by atoms with Crippen molar-refractivity contribution in [2.75, 3.05) is 0 Å². The second-order valence-electron chi connectivity index (χ2n) is 4.26. The lowest BCUT2D eigenvalue weighted by atomic mass is 9.87. The Bertz CT molecular complexity index is 302. The van der Waals surface area contributed by atoms with Crippen molar-refractivity contribution in [3.8, 4) is 0 Å². The third-order valence-electron chi connectivity index (χ3n) is 2.76. The number of alkyl halides is 1. The summed E-state index contributed by atoms with van der Waals surface area (Å²) < 4.78 is 0. The van der Waals surface area contributed by atoms with E-state index in [0.29, 0.717) is 11.8 Å². The van der Waals surface area contributed by atoms with Crippen LogP contribution in [0.4, 0.5) is 0 Å². The summed E-state index contributed by atoms with van der Waals surface area (Å²) in [4.78, 5) is 3.98. The smallest absolute Gasteiger partial charge is 0.0621 e. The van der Waals surface area contributed by atoms with Crippen LogP contribution in [0.2, 0.25) is 5.02 Å². The van der Waals surface area contributed by atoms with Crippen molar-refractivity contribution < 1.29 is 0 Å². The van der Waals surface area contributed by atoms with Crippen molar-refractivity contribution in [1.29, 1.82) is 0 Å². The molecule has 1 nitrogen and oxygen atoms in total. The van der Waals surface area contributed by atoms with Crippen LogP contribution in [0.5, 0.6) is 0 Å². The van der Waals surface area contributed by atoms with Gasteiger partial charge in [-0.1, -0.05) is 25.4 Å². The van der Waals surface area contributed by atoms with Crippen LogP contribution in [0.1, 0.15) is 26.3 Å². The monoisotopic (exact) mass is 245 g/mol. The van der Waals surface area contributed by atoms with Crippen molar-refractivity contribution in [2.24, 2.45) is 11.8 Å². The Morgan fingerprint density at radius 2 is 2.00 bits per heavy atom. The molecule has 2 atom stereocenters. The summed E-state index contributed by atoms with van der Waals surface area (Å²) >= 11 is 12.3. The summed E-state index contributed by atoms with van der Waals surface area (Å²) in [6.45, 7) is 6.43. The summed E-state index contributed by atoms with van der Waals surface area (Å²) in [5.41, 5.74) is 1.14. The van der Waals surface area contributed by atoms with Crippen molar-refractivity contribution >= 4 is 23.2 Å². The molecule has 1 heterocycles. The van der Waals surface area contributed by atoms with Gasteiger partial charge >= 0.3 is 0 Å². The highest BCUT2D eigenvalue weighted by molar-refractivity contribution is 6.31. The second-order valence-corrected chi connectivity index (χ2v) is 5.35. The van der Waals surface area contributed by atoms with Gasteiger partial charge in [-0.3, -0.25) is 4.98 Å². The molecule has 0 aliphatic carbocycles. The molecule has 0 bridgehead atoms. The van der Waals surface area contributed by atoms with E-state index in [9.17, 15) is 0 Å². The summed E-state index contributed by atoms with van der Waals surface area (Å²) in [6, 6.07) is 1.97. The van der Waals surface area contributed by atoms with Crippen molar-refractivity contribution in [3.05, 3.63) is 29.0 Å². The fraction of sp³-hybridized carbons (Fsp3) is 0.583. The molecule has 15 heavy (non-hydrogen) atoms. The lowest BCUT2D eigenvalue weighted by Crippen LogP contribution is -2.20. The van der Waals surface area contributed by atoms with E-state index in [1.807, 2.05) is 13.0 Å². The molecule has 0 aliphatic heterocycles. The average Bonchev–Trinajstić information content (AvgIpc) is 2.15. The Balaban J connectivity index is 2.79. The normalized spacial score (nSPS) is 15.3. The maximum atomic E-state index is 6.18. The maximum absolute atomic E-state index is 6.18. The van der Waals surface area contributed by atoms with Gasteiger partial charge in [0.1, 0.15) is 0 Å². The molecule has 0 aromatic carbocycles. The average molecular weight is 246 g/mol. The number of aromatic nitrogens is 1. The van der Waals surface area contributed by atoms with E-state index in [2.05, 4.69) is 18.8 Å². The first-order valence-corrected chi connectivity index (χ1v) is 6.06. The van der Waals surface area contributed by atoms with E-state index >= 15 is 0 Å². The predicted molar refractivity (Wildman–Crippen MR) is 66.6 cm³/mol. The summed E-state index contributed by atoms with van der Waals surface area (Å²) in [5, 5.41) is 0.898. The van der Waals surface area contributed by atoms with Gasteiger partial charge in [-0.15, -0.1) is 11.6 Å². The Kier molecular flexibility index (Phi) is 4.88. The number of rotatable bonds is 4. The van der Waals surface area contributed by atoms with E-state index in [1.165, 1.54) is 0 Å². The summed E-state index contributed by atoms with van der Waals surface area (Å²) in [6.07, 6.45) is 4.38. The molecule has 0 saturated carbocycles. The third-order valence-corrected chi connectivity index (χ3v) is 3.42. The zero-order chi connectivity index (χ0) is 11.4. The lowest BCUT2D eigenvalue weighted by molar-refractivity contribution is 0.376. The third kappa shape index (κ3) is 3.66. The maximum Gasteiger partial charge on any atom is 0.0621 e. The van der Waals surface area contributed by atoms with Gasteiger partial charge in [0, 0.05) is 17.8 Å². The van der Waals surface area contributed by atoms with Crippen LogP contribution in [0.15, 0.2) is 18.5 Å². The molecule has 0 spiro atoms. The number of nitrogens with zero attached hydrogens (tertiary/aromatic N) is 1. The molecule has 0 fully saturated rings. The quantitative estimate of drug-likeness (QED) is 0.726. The molecule has 0 radical (unpaired) electrons. The first-order valence-electron chi connectivity index (χ1n) is 5.24. The molecular weight excluding hydrogens is 229 g/mol. The van der Waals surface area contributed by atoms with Crippen LogP contribution in [0.3, 0.4) is 0 Å². The van der Waals surface area contributed by atoms with E-state index < -0.39 is 0 Å². The van der Waals surface area contributed by atoms with Crippen molar-refractivity contribution in [1.82, 2.24) is 4.98 Å². The molecule has 84 valence electrons. The highest BCUT2D eigenvalue weighted by Crippen LogP contribution is 2.26. The molecule has 3 heteroatoms. The SMILES string of the molecule is CC(C)C(Cc1ccncc1Cl)C(C)Cl. The first kappa shape index (κ1) is 12.8. The van der Waals surface area contributed by atoms with E-state index in [-0.39, 0.29) is 5.38 Å². The number of halogens is 2. The molecule has 1 rings (SSSR count). The van der Waals surface area contributed by atoms with Crippen LogP contribution in [0, 0.1) is 11.8 Å².